The summed E-state index contributed by atoms with van der Waals surface area (Å²) in [6, 6.07) is 2.12. The first-order valence-electron chi connectivity index (χ1n) is 3.39. The van der Waals surface area contributed by atoms with Gasteiger partial charge in [0.15, 0.2) is 0 Å². The Morgan fingerprint density at radius 2 is 2.18 bits per heavy atom. The van der Waals surface area contributed by atoms with Crippen LogP contribution >= 0.6 is 15.9 Å². The molecule has 1 unspecified atom stereocenters. The molecule has 0 bridgehead atoms. The van der Waals surface area contributed by atoms with Crippen molar-refractivity contribution in [3.63, 3.8) is 0 Å². The normalized spacial score (nSPS) is 23.2. The SMILES string of the molecule is CC1C=C(Br)C=CC(C#N)=C1. The first-order chi connectivity index (χ1) is 5.22. The van der Waals surface area contributed by atoms with Crippen LogP contribution in [0.15, 0.2) is 34.4 Å². The third kappa shape index (κ3) is 2.36. The van der Waals surface area contributed by atoms with Gasteiger partial charge in [0.1, 0.15) is 0 Å². The molecule has 0 aromatic heterocycles. The lowest BCUT2D eigenvalue weighted by Gasteiger charge is -1.95. The van der Waals surface area contributed by atoms with Crippen molar-refractivity contribution >= 4 is 15.9 Å². The van der Waals surface area contributed by atoms with Gasteiger partial charge >= 0.3 is 0 Å². The van der Waals surface area contributed by atoms with Gasteiger partial charge < -0.3 is 0 Å². The molecule has 2 heteroatoms. The Morgan fingerprint density at radius 1 is 1.45 bits per heavy atom. The van der Waals surface area contributed by atoms with Crippen LogP contribution in [0.2, 0.25) is 0 Å². The van der Waals surface area contributed by atoms with Gasteiger partial charge in [-0.2, -0.15) is 5.26 Å². The Labute approximate surface area is 74.8 Å². The smallest absolute Gasteiger partial charge is 0.0988 e. The van der Waals surface area contributed by atoms with Crippen LogP contribution in [0.4, 0.5) is 0 Å². The lowest BCUT2D eigenvalue weighted by atomic mass is 10.1. The predicted octanol–water partition coefficient (Wildman–Crippen LogP) is 2.92. The van der Waals surface area contributed by atoms with Gasteiger partial charge in [-0.3, -0.25) is 0 Å². The molecule has 0 saturated carbocycles. The molecule has 0 aliphatic heterocycles. The highest BCUT2D eigenvalue weighted by Gasteiger charge is 2.00. The molecular weight excluding hydrogens is 202 g/mol. The van der Waals surface area contributed by atoms with E-state index in [2.05, 4.69) is 28.1 Å². The maximum absolute atomic E-state index is 8.61. The first kappa shape index (κ1) is 8.29. The summed E-state index contributed by atoms with van der Waals surface area (Å²) in [6.45, 7) is 2.05. The molecule has 0 fully saturated rings. The summed E-state index contributed by atoms with van der Waals surface area (Å²) in [6.07, 6.45) is 7.69. The summed E-state index contributed by atoms with van der Waals surface area (Å²) in [5.41, 5.74) is 0.725. The number of hydrogen-bond donors (Lipinski definition) is 0. The minimum absolute atomic E-state index is 0.328. The van der Waals surface area contributed by atoms with Crippen LogP contribution in [0.3, 0.4) is 0 Å². The molecule has 0 radical (unpaired) electrons. The van der Waals surface area contributed by atoms with Crippen LogP contribution < -0.4 is 0 Å². The minimum Gasteiger partial charge on any atom is -0.192 e. The Balaban J connectivity index is 2.94. The molecule has 1 aliphatic rings. The van der Waals surface area contributed by atoms with Crippen molar-refractivity contribution in [3.8, 4) is 6.07 Å². The van der Waals surface area contributed by atoms with E-state index in [0.29, 0.717) is 5.92 Å². The average Bonchev–Trinajstić information content (AvgIpc) is 2.11. The van der Waals surface area contributed by atoms with E-state index in [1.54, 1.807) is 0 Å². The minimum atomic E-state index is 0.328. The molecule has 0 spiro atoms. The lowest BCUT2D eigenvalue weighted by Crippen LogP contribution is -1.82. The van der Waals surface area contributed by atoms with E-state index in [-0.39, 0.29) is 0 Å². The molecule has 1 atom stereocenters. The molecular formula is C9H8BrN. The van der Waals surface area contributed by atoms with Crippen LogP contribution in [-0.2, 0) is 0 Å². The van der Waals surface area contributed by atoms with Crippen LogP contribution in [-0.4, -0.2) is 0 Å². The average molecular weight is 210 g/mol. The van der Waals surface area contributed by atoms with Gasteiger partial charge in [-0.15, -0.1) is 0 Å². The van der Waals surface area contributed by atoms with E-state index < -0.39 is 0 Å². The standard InChI is InChI=1S/C9H8BrN/c1-7-4-8(6-11)2-3-9(10)5-7/h2-5,7H,1H3. The molecule has 0 saturated heterocycles. The van der Waals surface area contributed by atoms with Gasteiger partial charge in [-0.1, -0.05) is 35.0 Å². The highest BCUT2D eigenvalue weighted by atomic mass is 79.9. The maximum Gasteiger partial charge on any atom is 0.0988 e. The third-order valence-corrected chi connectivity index (χ3v) is 1.94. The molecule has 56 valence electrons. The van der Waals surface area contributed by atoms with Crippen molar-refractivity contribution in [2.75, 3.05) is 0 Å². The summed E-state index contributed by atoms with van der Waals surface area (Å²) in [7, 11) is 0. The molecule has 0 N–H and O–H groups in total. The van der Waals surface area contributed by atoms with E-state index >= 15 is 0 Å². The van der Waals surface area contributed by atoms with E-state index in [4.69, 9.17) is 5.26 Å². The van der Waals surface area contributed by atoms with Gasteiger partial charge in [0.05, 0.1) is 6.07 Å². The van der Waals surface area contributed by atoms with Gasteiger partial charge in [0, 0.05) is 10.1 Å². The monoisotopic (exact) mass is 209 g/mol. The number of hydrogen-bond acceptors (Lipinski definition) is 1. The summed E-state index contributed by atoms with van der Waals surface area (Å²) in [5.74, 6) is 0.328. The fourth-order valence-corrected chi connectivity index (χ4v) is 1.49. The summed E-state index contributed by atoms with van der Waals surface area (Å²) >= 11 is 3.37. The molecule has 11 heavy (non-hydrogen) atoms. The number of nitriles is 1. The maximum atomic E-state index is 8.61. The number of rotatable bonds is 0. The number of allylic oxidation sites excluding steroid dienone is 6. The van der Waals surface area contributed by atoms with Gasteiger partial charge in [-0.25, -0.2) is 0 Å². The molecule has 0 aromatic rings. The van der Waals surface area contributed by atoms with Crippen molar-refractivity contribution in [2.45, 2.75) is 6.92 Å². The van der Waals surface area contributed by atoms with Crippen molar-refractivity contribution in [3.05, 3.63) is 34.4 Å². The predicted molar refractivity (Wildman–Crippen MR) is 49.0 cm³/mol. The second-order valence-electron chi connectivity index (χ2n) is 2.48. The molecule has 1 aliphatic carbocycles. The molecule has 0 amide bonds. The van der Waals surface area contributed by atoms with Gasteiger partial charge in [0.25, 0.3) is 0 Å². The Bertz CT molecular complexity index is 278. The van der Waals surface area contributed by atoms with E-state index in [0.717, 1.165) is 10.1 Å². The molecule has 1 nitrogen and oxygen atoms in total. The zero-order valence-electron chi connectivity index (χ0n) is 6.21. The highest BCUT2D eigenvalue weighted by molar-refractivity contribution is 9.11. The molecule has 0 aromatic carbocycles. The summed E-state index contributed by atoms with van der Waals surface area (Å²) in [4.78, 5) is 0. The van der Waals surface area contributed by atoms with Crippen LogP contribution in [0.5, 0.6) is 0 Å². The second-order valence-corrected chi connectivity index (χ2v) is 3.39. The van der Waals surface area contributed by atoms with Crippen molar-refractivity contribution < 1.29 is 0 Å². The summed E-state index contributed by atoms with van der Waals surface area (Å²) < 4.78 is 1.03. The van der Waals surface area contributed by atoms with Crippen molar-refractivity contribution in [1.82, 2.24) is 0 Å². The van der Waals surface area contributed by atoms with Gasteiger partial charge in [-0.05, 0) is 18.1 Å². The molecule has 0 heterocycles. The largest absolute Gasteiger partial charge is 0.192 e. The van der Waals surface area contributed by atoms with E-state index in [1.165, 1.54) is 0 Å². The fourth-order valence-electron chi connectivity index (χ4n) is 0.938. The summed E-state index contributed by atoms with van der Waals surface area (Å²) in [5, 5.41) is 8.61. The van der Waals surface area contributed by atoms with Crippen molar-refractivity contribution in [2.24, 2.45) is 5.92 Å². The van der Waals surface area contributed by atoms with Crippen LogP contribution in [0, 0.1) is 17.2 Å². The van der Waals surface area contributed by atoms with Crippen LogP contribution in [0.1, 0.15) is 6.92 Å². The number of nitrogens with zero attached hydrogens (tertiary/aromatic N) is 1. The highest BCUT2D eigenvalue weighted by Crippen LogP contribution is 2.18. The van der Waals surface area contributed by atoms with E-state index in [1.807, 2.05) is 25.2 Å². The Hall–Kier alpha value is -0.810. The first-order valence-corrected chi connectivity index (χ1v) is 4.19. The fraction of sp³-hybridized carbons (Fsp3) is 0.222. The van der Waals surface area contributed by atoms with Gasteiger partial charge in [0.2, 0.25) is 0 Å². The molecule has 1 rings (SSSR count). The van der Waals surface area contributed by atoms with Crippen molar-refractivity contribution in [1.29, 1.82) is 5.26 Å². The topological polar surface area (TPSA) is 23.8 Å². The lowest BCUT2D eigenvalue weighted by molar-refractivity contribution is 0.937. The quantitative estimate of drug-likeness (QED) is 0.602. The zero-order chi connectivity index (χ0) is 8.27. The Kier molecular flexibility index (Phi) is 2.67. The van der Waals surface area contributed by atoms with E-state index in [9.17, 15) is 0 Å². The number of halogens is 1. The Morgan fingerprint density at radius 3 is 2.82 bits per heavy atom. The zero-order valence-corrected chi connectivity index (χ0v) is 7.80. The van der Waals surface area contributed by atoms with Crippen LogP contribution in [0.25, 0.3) is 0 Å². The third-order valence-electron chi connectivity index (χ3n) is 1.42. The second kappa shape index (κ2) is 3.54.